The Bertz CT molecular complexity index is 972. The Balaban J connectivity index is 1.78. The zero-order valence-corrected chi connectivity index (χ0v) is 24.0. The van der Waals surface area contributed by atoms with E-state index in [-0.39, 0.29) is 29.6 Å². The fraction of sp³-hybridized carbons (Fsp3) is 0.750. The lowest BCUT2D eigenvalue weighted by atomic mass is 9.69. The predicted octanol–water partition coefficient (Wildman–Crippen LogP) is 4.87. The highest BCUT2D eigenvalue weighted by Crippen LogP contribution is 2.44. The highest BCUT2D eigenvalue weighted by atomic mass is 16.6. The number of esters is 1. The minimum Gasteiger partial charge on any atom is -0.469 e. The average molecular weight is 519 g/mol. The van der Waals surface area contributed by atoms with E-state index in [9.17, 15) is 9.59 Å². The fourth-order valence-electron chi connectivity index (χ4n) is 4.86. The standard InChI is InChI=1S/C28H46N4O5/c1-27(2,3)37-26(34)31(7)15-14-30(6)18-21-19-32(23-11-9-10-16-36-23)29-24(21)20-12-13-28(4,5)22(17-20)25(33)35-8/h12,19,22-23H,9-11,13-18H2,1-8H3/t22-,23?/m0/s1. The Kier molecular flexibility index (Phi) is 9.45. The number of nitrogens with zero attached hydrogens (tertiary/aromatic N) is 4. The first-order valence-electron chi connectivity index (χ1n) is 13.4. The van der Waals surface area contributed by atoms with E-state index in [1.54, 1.807) is 11.9 Å². The molecule has 0 N–H and O–H groups in total. The van der Waals surface area contributed by atoms with Crippen molar-refractivity contribution in [2.24, 2.45) is 11.3 Å². The summed E-state index contributed by atoms with van der Waals surface area (Å²) in [5.41, 5.74) is 2.40. The van der Waals surface area contributed by atoms with Crippen LogP contribution in [0, 0.1) is 11.3 Å². The van der Waals surface area contributed by atoms with E-state index in [0.717, 1.165) is 49.1 Å². The molecule has 3 rings (SSSR count). The number of rotatable bonds is 8. The van der Waals surface area contributed by atoms with Gasteiger partial charge in [0.2, 0.25) is 0 Å². The van der Waals surface area contributed by atoms with Gasteiger partial charge in [-0.25, -0.2) is 9.48 Å². The normalized spacial score (nSPS) is 21.9. The first kappa shape index (κ1) is 29.2. The molecular weight excluding hydrogens is 472 g/mol. The molecule has 1 unspecified atom stereocenters. The zero-order valence-electron chi connectivity index (χ0n) is 24.0. The first-order chi connectivity index (χ1) is 17.3. The van der Waals surface area contributed by atoms with Crippen molar-refractivity contribution >= 4 is 17.6 Å². The first-order valence-corrected chi connectivity index (χ1v) is 13.4. The SMILES string of the molecule is COC(=O)[C@@H]1CC(c2nn(C3CCCCO3)cc2CN(C)CCN(C)C(=O)OC(C)(C)C)=CCC1(C)C. The maximum Gasteiger partial charge on any atom is 0.410 e. The summed E-state index contributed by atoms with van der Waals surface area (Å²) in [6.07, 6.45) is 8.44. The maximum atomic E-state index is 12.6. The molecule has 1 aromatic heterocycles. The van der Waals surface area contributed by atoms with Gasteiger partial charge >= 0.3 is 12.1 Å². The van der Waals surface area contributed by atoms with Gasteiger partial charge in [0.25, 0.3) is 0 Å². The van der Waals surface area contributed by atoms with Gasteiger partial charge in [0.1, 0.15) is 11.8 Å². The smallest absolute Gasteiger partial charge is 0.410 e. The van der Waals surface area contributed by atoms with E-state index < -0.39 is 5.60 Å². The second-order valence-corrected chi connectivity index (χ2v) is 12.1. The fourth-order valence-corrected chi connectivity index (χ4v) is 4.86. The number of carbonyl (C=O) groups excluding carboxylic acids is 2. The summed E-state index contributed by atoms with van der Waals surface area (Å²) in [6.45, 7) is 12.5. The second-order valence-electron chi connectivity index (χ2n) is 12.1. The Labute approximate surface area is 222 Å². The number of ether oxygens (including phenoxy) is 3. The van der Waals surface area contributed by atoms with E-state index in [1.165, 1.54) is 7.11 Å². The number of methoxy groups -OCH3 is 1. The van der Waals surface area contributed by atoms with Gasteiger partial charge in [-0.2, -0.15) is 5.10 Å². The molecule has 2 heterocycles. The van der Waals surface area contributed by atoms with Crippen LogP contribution >= 0.6 is 0 Å². The Morgan fingerprint density at radius 3 is 2.57 bits per heavy atom. The number of likely N-dealkylation sites (N-methyl/N-ethyl adjacent to an activating group) is 2. The molecule has 1 amide bonds. The number of carbonyl (C=O) groups is 2. The van der Waals surface area contributed by atoms with E-state index in [2.05, 4.69) is 31.0 Å². The van der Waals surface area contributed by atoms with Crippen molar-refractivity contribution in [3.63, 3.8) is 0 Å². The monoisotopic (exact) mass is 518 g/mol. The number of amides is 1. The van der Waals surface area contributed by atoms with Gasteiger partial charge in [-0.05, 0) is 70.9 Å². The van der Waals surface area contributed by atoms with Crippen LogP contribution < -0.4 is 0 Å². The van der Waals surface area contributed by atoms with E-state index in [1.807, 2.05) is 32.5 Å². The van der Waals surface area contributed by atoms with Crippen LogP contribution in [0.3, 0.4) is 0 Å². The molecule has 0 bridgehead atoms. The third-order valence-electron chi connectivity index (χ3n) is 7.25. The largest absolute Gasteiger partial charge is 0.469 e. The summed E-state index contributed by atoms with van der Waals surface area (Å²) in [6, 6.07) is 0. The van der Waals surface area contributed by atoms with E-state index in [4.69, 9.17) is 19.3 Å². The summed E-state index contributed by atoms with van der Waals surface area (Å²) in [5.74, 6) is -0.392. The molecule has 1 aromatic rings. The number of hydrogen-bond donors (Lipinski definition) is 0. The van der Waals surface area contributed by atoms with Crippen molar-refractivity contribution in [2.75, 3.05) is 40.9 Å². The summed E-state index contributed by atoms with van der Waals surface area (Å²) < 4.78 is 18.6. The third kappa shape index (κ3) is 7.80. The molecule has 1 aliphatic carbocycles. The van der Waals surface area contributed by atoms with Crippen LogP contribution in [0.4, 0.5) is 4.79 Å². The van der Waals surface area contributed by atoms with Crippen molar-refractivity contribution in [3.05, 3.63) is 23.5 Å². The molecule has 37 heavy (non-hydrogen) atoms. The van der Waals surface area contributed by atoms with Crippen molar-refractivity contribution in [1.82, 2.24) is 19.6 Å². The van der Waals surface area contributed by atoms with Crippen molar-refractivity contribution in [2.45, 2.75) is 85.1 Å². The Hall–Kier alpha value is -2.39. The highest BCUT2D eigenvalue weighted by molar-refractivity contribution is 5.78. The molecule has 1 saturated heterocycles. The molecule has 0 saturated carbocycles. The van der Waals surface area contributed by atoms with Gasteiger partial charge in [0, 0.05) is 45.0 Å². The molecule has 2 aliphatic rings. The number of aromatic nitrogens is 2. The lowest BCUT2D eigenvalue weighted by Crippen LogP contribution is -2.38. The third-order valence-corrected chi connectivity index (χ3v) is 7.25. The van der Waals surface area contributed by atoms with Crippen molar-refractivity contribution < 1.29 is 23.8 Å². The molecular formula is C28H46N4O5. The lowest BCUT2D eigenvalue weighted by molar-refractivity contribution is -0.149. The summed E-state index contributed by atoms with van der Waals surface area (Å²) in [7, 11) is 5.25. The molecule has 0 aromatic carbocycles. The van der Waals surface area contributed by atoms with Crippen molar-refractivity contribution in [3.8, 4) is 0 Å². The van der Waals surface area contributed by atoms with Crippen LogP contribution in [0.1, 0.15) is 84.2 Å². The van der Waals surface area contributed by atoms with Crippen LogP contribution in [-0.2, 0) is 25.5 Å². The minimum atomic E-state index is -0.522. The maximum absolute atomic E-state index is 12.6. The molecule has 9 nitrogen and oxygen atoms in total. The molecule has 208 valence electrons. The molecule has 2 atom stereocenters. The predicted molar refractivity (Wildman–Crippen MR) is 143 cm³/mol. The van der Waals surface area contributed by atoms with Crippen molar-refractivity contribution in [1.29, 1.82) is 0 Å². The van der Waals surface area contributed by atoms with Gasteiger partial charge < -0.3 is 24.0 Å². The Morgan fingerprint density at radius 1 is 1.22 bits per heavy atom. The highest BCUT2D eigenvalue weighted by Gasteiger charge is 2.39. The topological polar surface area (TPSA) is 86.1 Å². The number of hydrogen-bond acceptors (Lipinski definition) is 7. The molecule has 9 heteroatoms. The van der Waals surface area contributed by atoms with Crippen LogP contribution in [0.25, 0.3) is 5.57 Å². The van der Waals surface area contributed by atoms with Crippen LogP contribution in [0.5, 0.6) is 0 Å². The second kappa shape index (κ2) is 12.0. The minimum absolute atomic E-state index is 0.0677. The summed E-state index contributed by atoms with van der Waals surface area (Å²) in [5, 5.41) is 5.00. The van der Waals surface area contributed by atoms with Gasteiger partial charge in [-0.3, -0.25) is 4.79 Å². The molecule has 0 radical (unpaired) electrons. The average Bonchev–Trinajstić information content (AvgIpc) is 3.25. The van der Waals surface area contributed by atoms with E-state index in [0.29, 0.717) is 26.1 Å². The molecule has 0 spiro atoms. The van der Waals surface area contributed by atoms with Crippen LogP contribution in [0.2, 0.25) is 0 Å². The van der Waals surface area contributed by atoms with E-state index >= 15 is 0 Å². The van der Waals surface area contributed by atoms with Gasteiger partial charge in [-0.15, -0.1) is 0 Å². The quantitative estimate of drug-likeness (QED) is 0.454. The molecule has 1 aliphatic heterocycles. The lowest BCUT2D eigenvalue weighted by Gasteiger charge is -2.36. The number of allylic oxidation sites excluding steroid dienone is 2. The molecule has 1 fully saturated rings. The van der Waals surface area contributed by atoms with Gasteiger partial charge in [-0.1, -0.05) is 19.9 Å². The van der Waals surface area contributed by atoms with Gasteiger partial charge in [0.05, 0.1) is 18.7 Å². The van der Waals surface area contributed by atoms with Crippen LogP contribution in [0.15, 0.2) is 12.3 Å². The zero-order chi connectivity index (χ0) is 27.4. The van der Waals surface area contributed by atoms with Crippen LogP contribution in [-0.4, -0.2) is 78.1 Å². The Morgan fingerprint density at radius 2 is 1.95 bits per heavy atom. The summed E-state index contributed by atoms with van der Waals surface area (Å²) in [4.78, 5) is 28.7. The summed E-state index contributed by atoms with van der Waals surface area (Å²) >= 11 is 0. The van der Waals surface area contributed by atoms with Gasteiger partial charge in [0.15, 0.2) is 0 Å².